The number of anilines is 1. The maximum absolute atomic E-state index is 12.9. The van der Waals surface area contributed by atoms with Crippen LogP contribution in [0.4, 0.5) is 10.1 Å². The van der Waals surface area contributed by atoms with Crippen molar-refractivity contribution in [3.63, 3.8) is 0 Å². The molecule has 0 amide bonds. The lowest BCUT2D eigenvalue weighted by molar-refractivity contribution is 0.477. The zero-order valence-corrected chi connectivity index (χ0v) is 15.9. The second-order valence-electron chi connectivity index (χ2n) is 5.03. The van der Waals surface area contributed by atoms with Crippen LogP contribution < -0.4 is 9.46 Å². The molecule has 3 aromatic rings. The van der Waals surface area contributed by atoms with Gasteiger partial charge in [0.05, 0.1) is 10.2 Å². The molecule has 25 heavy (non-hydrogen) atoms. The molecule has 1 atom stereocenters. The third kappa shape index (κ3) is 4.89. The number of ether oxygens (including phenoxy) is 1. The van der Waals surface area contributed by atoms with Crippen LogP contribution >= 0.6 is 27.5 Å². The molecule has 0 radical (unpaired) electrons. The van der Waals surface area contributed by atoms with E-state index in [-0.39, 0.29) is 5.82 Å². The Morgan fingerprint density at radius 3 is 2.48 bits per heavy atom. The predicted molar refractivity (Wildman–Crippen MR) is 102 cm³/mol. The molecule has 0 saturated carbocycles. The lowest BCUT2D eigenvalue weighted by Gasteiger charge is -2.13. The molecule has 0 spiro atoms. The van der Waals surface area contributed by atoms with Gasteiger partial charge in [0.15, 0.2) is 4.90 Å². The van der Waals surface area contributed by atoms with Gasteiger partial charge in [-0.2, -0.15) is 0 Å². The topological polar surface area (TPSA) is 44.3 Å². The van der Waals surface area contributed by atoms with Gasteiger partial charge in [-0.05, 0) is 70.5 Å². The van der Waals surface area contributed by atoms with E-state index in [0.29, 0.717) is 31.6 Å². The van der Waals surface area contributed by atoms with Gasteiger partial charge in [-0.15, -0.1) is 0 Å². The van der Waals surface area contributed by atoms with Crippen LogP contribution in [0.5, 0.6) is 11.5 Å². The lowest BCUT2D eigenvalue weighted by atomic mass is 10.3. The fourth-order valence-corrected chi connectivity index (χ4v) is 3.63. The molecular weight excluding hydrogens is 429 g/mol. The molecule has 0 bridgehead atoms. The smallest absolute Gasteiger partial charge is 0.181 e. The molecule has 3 rings (SSSR count). The highest BCUT2D eigenvalue weighted by atomic mass is 79.9. The van der Waals surface area contributed by atoms with E-state index in [9.17, 15) is 8.94 Å². The maximum atomic E-state index is 12.9. The van der Waals surface area contributed by atoms with Crippen molar-refractivity contribution in [2.75, 3.05) is 4.72 Å². The van der Waals surface area contributed by atoms with Crippen molar-refractivity contribution in [2.24, 2.45) is 0 Å². The van der Waals surface area contributed by atoms with Crippen molar-refractivity contribution >= 4 is 44.6 Å². The van der Waals surface area contributed by atoms with Gasteiger partial charge in [0.1, 0.15) is 28.7 Å². The Morgan fingerprint density at radius 2 is 1.80 bits per heavy atom. The number of hydrogen-bond donors (Lipinski definition) is 1. The van der Waals surface area contributed by atoms with Crippen molar-refractivity contribution in [1.29, 1.82) is 0 Å². The average molecular weight is 441 g/mol. The van der Waals surface area contributed by atoms with E-state index in [0.717, 1.165) is 0 Å². The first-order chi connectivity index (χ1) is 12.0. The van der Waals surface area contributed by atoms with Crippen LogP contribution in [0.2, 0.25) is 5.02 Å². The molecule has 3 aromatic carbocycles. The van der Waals surface area contributed by atoms with Crippen molar-refractivity contribution < 1.29 is 13.7 Å². The van der Waals surface area contributed by atoms with E-state index in [1.807, 2.05) is 0 Å². The first-order valence-corrected chi connectivity index (χ1v) is 9.50. The summed E-state index contributed by atoms with van der Waals surface area (Å²) in [4.78, 5) is 0.579. The summed E-state index contributed by atoms with van der Waals surface area (Å²) in [6, 6.07) is 17.8. The van der Waals surface area contributed by atoms with Crippen LogP contribution in [-0.4, -0.2) is 4.55 Å². The molecule has 0 saturated heterocycles. The van der Waals surface area contributed by atoms with E-state index in [1.165, 1.54) is 12.1 Å². The number of rotatable bonds is 5. The molecule has 1 N–H and O–H groups in total. The number of hydrogen-bond acceptors (Lipinski definition) is 3. The Bertz CT molecular complexity index is 879. The molecule has 0 heterocycles. The van der Waals surface area contributed by atoms with Crippen molar-refractivity contribution in [1.82, 2.24) is 0 Å². The fraction of sp³-hybridized carbons (Fsp3) is 0. The summed E-state index contributed by atoms with van der Waals surface area (Å²) in [6.07, 6.45) is 0. The number of halogens is 3. The van der Waals surface area contributed by atoms with Gasteiger partial charge in [-0.25, -0.2) is 9.11 Å². The van der Waals surface area contributed by atoms with E-state index >= 15 is 0 Å². The normalized spacial score (nSPS) is 11.8. The molecule has 128 valence electrons. The molecule has 0 aromatic heterocycles. The fourth-order valence-electron chi connectivity index (χ4n) is 2.02. The summed E-state index contributed by atoms with van der Waals surface area (Å²) in [6.45, 7) is 0. The van der Waals surface area contributed by atoms with E-state index in [4.69, 9.17) is 16.3 Å². The summed E-state index contributed by atoms with van der Waals surface area (Å²) < 4.78 is 34.5. The molecule has 3 nitrogen and oxygen atoms in total. The number of nitrogens with one attached hydrogen (secondary N) is 1. The van der Waals surface area contributed by atoms with Gasteiger partial charge in [-0.3, -0.25) is 0 Å². The van der Waals surface area contributed by atoms with Gasteiger partial charge in [0.25, 0.3) is 0 Å². The van der Waals surface area contributed by atoms with Crippen LogP contribution in [0.1, 0.15) is 0 Å². The summed E-state index contributed by atoms with van der Waals surface area (Å²) >= 11 is 7.89. The van der Waals surface area contributed by atoms with Gasteiger partial charge in [0.2, 0.25) is 0 Å². The van der Waals surface area contributed by atoms with Crippen LogP contribution in [0.15, 0.2) is 76.1 Å². The predicted octanol–water partition coefficient (Wildman–Crippen LogP) is 6.17. The van der Waals surface area contributed by atoms with E-state index in [1.54, 1.807) is 54.6 Å². The second-order valence-corrected chi connectivity index (χ2v) is 7.53. The zero-order chi connectivity index (χ0) is 17.8. The summed E-state index contributed by atoms with van der Waals surface area (Å²) in [5.74, 6) is 0.755. The van der Waals surface area contributed by atoms with Crippen LogP contribution in [-0.2, 0) is 11.4 Å². The highest BCUT2D eigenvalue weighted by Gasteiger charge is 2.13. The molecule has 7 heteroatoms. The molecular formula is C18H12BrClFNO2S. The Labute approximate surface area is 161 Å². The summed E-state index contributed by atoms with van der Waals surface area (Å²) in [5.41, 5.74) is 0.650. The first-order valence-electron chi connectivity index (χ1n) is 7.18. The second kappa shape index (κ2) is 8.10. The van der Waals surface area contributed by atoms with Crippen LogP contribution in [0.3, 0.4) is 0 Å². The minimum Gasteiger partial charge on any atom is -0.588 e. The SMILES string of the molecule is [O-][S+](Nc1ccc(Oc2ccc(F)cc2)c(Br)c1)c1cccc(Cl)c1. The maximum Gasteiger partial charge on any atom is 0.181 e. The minimum atomic E-state index is -1.44. The Balaban J connectivity index is 1.72. The Morgan fingerprint density at radius 1 is 1.04 bits per heavy atom. The summed E-state index contributed by atoms with van der Waals surface area (Å²) in [7, 11) is 0. The standard InChI is InChI=1S/C18H12BrClFNO2S/c19-17-11-14(22-25(23)16-3-1-2-12(20)10-16)6-9-18(17)24-15-7-4-13(21)5-8-15/h1-11,22H. The van der Waals surface area contributed by atoms with Gasteiger partial charge in [-0.1, -0.05) is 17.7 Å². The largest absolute Gasteiger partial charge is 0.588 e. The molecule has 1 unspecified atom stereocenters. The average Bonchev–Trinajstić information content (AvgIpc) is 2.59. The minimum absolute atomic E-state index is 0.325. The number of benzene rings is 3. The molecule has 0 fully saturated rings. The highest BCUT2D eigenvalue weighted by molar-refractivity contribution is 9.10. The van der Waals surface area contributed by atoms with E-state index < -0.39 is 11.4 Å². The Hall–Kier alpha value is -1.73. The van der Waals surface area contributed by atoms with Gasteiger partial charge >= 0.3 is 0 Å². The van der Waals surface area contributed by atoms with Gasteiger partial charge < -0.3 is 9.29 Å². The molecule has 0 aliphatic heterocycles. The highest BCUT2D eigenvalue weighted by Crippen LogP contribution is 2.32. The van der Waals surface area contributed by atoms with Crippen molar-refractivity contribution in [3.8, 4) is 11.5 Å². The first kappa shape index (κ1) is 18.1. The summed E-state index contributed by atoms with van der Waals surface area (Å²) in [5, 5.41) is 0.525. The zero-order valence-electron chi connectivity index (χ0n) is 12.7. The third-order valence-corrected chi connectivity index (χ3v) is 5.15. The Kier molecular flexibility index (Phi) is 5.86. The van der Waals surface area contributed by atoms with Crippen LogP contribution in [0.25, 0.3) is 0 Å². The van der Waals surface area contributed by atoms with Gasteiger partial charge in [0, 0.05) is 11.1 Å². The molecule has 0 aliphatic carbocycles. The quantitative estimate of drug-likeness (QED) is 0.483. The molecule has 0 aliphatic rings. The lowest BCUT2D eigenvalue weighted by Crippen LogP contribution is -2.12. The van der Waals surface area contributed by atoms with Crippen molar-refractivity contribution in [2.45, 2.75) is 4.90 Å². The monoisotopic (exact) mass is 439 g/mol. The van der Waals surface area contributed by atoms with Crippen LogP contribution in [0, 0.1) is 5.82 Å². The third-order valence-electron chi connectivity index (χ3n) is 3.19. The van der Waals surface area contributed by atoms with E-state index in [2.05, 4.69) is 20.7 Å². The van der Waals surface area contributed by atoms with Crippen molar-refractivity contribution in [3.05, 3.63) is 82.0 Å².